The Morgan fingerprint density at radius 1 is 0.741 bits per heavy atom. The fraction of sp³-hybridized carbons (Fsp3) is 0.222. The van der Waals surface area contributed by atoms with Crippen LogP contribution in [0.2, 0.25) is 0 Å². The lowest BCUT2D eigenvalue weighted by Gasteiger charge is -2.20. The Morgan fingerprint density at radius 2 is 1.04 bits per heavy atom. The van der Waals surface area contributed by atoms with Gasteiger partial charge in [0.25, 0.3) is 0 Å². The van der Waals surface area contributed by atoms with Gasteiger partial charge in [-0.05, 0) is 38.4 Å². The Hall–Kier alpha value is -3.46. The molecule has 27 heavy (non-hydrogen) atoms. The lowest BCUT2D eigenvalue weighted by molar-refractivity contribution is 0.0780. The molecule has 0 saturated carbocycles. The van der Waals surface area contributed by atoms with Gasteiger partial charge >= 0.3 is 0 Å². The number of hydrogen-bond acceptors (Lipinski definition) is 9. The van der Waals surface area contributed by atoms with Crippen molar-refractivity contribution in [1.29, 1.82) is 0 Å². The topological polar surface area (TPSA) is 159 Å². The maximum absolute atomic E-state index is 12.8. The molecule has 6 N–H and O–H groups in total. The molecule has 0 aliphatic heterocycles. The first-order valence-corrected chi connectivity index (χ1v) is 7.76. The van der Waals surface area contributed by atoms with Gasteiger partial charge in [-0.1, -0.05) is 0 Å². The van der Waals surface area contributed by atoms with E-state index in [0.717, 1.165) is 24.3 Å². The number of benzene rings is 2. The van der Waals surface area contributed by atoms with Crippen molar-refractivity contribution in [3.8, 4) is 34.5 Å². The maximum atomic E-state index is 12.8. The van der Waals surface area contributed by atoms with E-state index in [4.69, 9.17) is 0 Å². The van der Waals surface area contributed by atoms with Crippen LogP contribution in [0.3, 0.4) is 0 Å². The number of carbonyl (C=O) groups excluding carboxylic acids is 2. The van der Waals surface area contributed by atoms with Crippen LogP contribution in [0.1, 0.15) is 20.7 Å². The van der Waals surface area contributed by atoms with Gasteiger partial charge in [-0.2, -0.15) is 0 Å². The van der Waals surface area contributed by atoms with Crippen molar-refractivity contribution < 1.29 is 40.2 Å². The summed E-state index contributed by atoms with van der Waals surface area (Å²) in [5.74, 6) is -7.33. The van der Waals surface area contributed by atoms with Crippen LogP contribution in [0, 0.1) is 5.92 Å². The molecule has 144 valence electrons. The molecule has 2 rings (SSSR count). The number of nitrogens with zero attached hydrogens (tertiary/aromatic N) is 1. The molecule has 9 heteroatoms. The molecule has 0 aliphatic rings. The first kappa shape index (κ1) is 19.9. The van der Waals surface area contributed by atoms with Crippen LogP contribution in [-0.4, -0.2) is 67.7 Å². The minimum Gasteiger partial charge on any atom is -0.504 e. The van der Waals surface area contributed by atoms with Gasteiger partial charge in [0, 0.05) is 17.7 Å². The standard InChI is InChI=1S/C18H19NO8/c1-19(2)7-10(15(24)8-3-11(20)17(26)12(21)4-8)16(25)9-5-13(22)18(27)14(23)6-9/h3-6,10,20-23,26-27H,7H2,1-2H3. The molecule has 9 nitrogen and oxygen atoms in total. The fourth-order valence-corrected chi connectivity index (χ4v) is 2.55. The highest BCUT2D eigenvalue weighted by molar-refractivity contribution is 6.16. The van der Waals surface area contributed by atoms with Crippen molar-refractivity contribution in [2.75, 3.05) is 20.6 Å². The fourth-order valence-electron chi connectivity index (χ4n) is 2.55. The van der Waals surface area contributed by atoms with Crippen LogP contribution in [0.4, 0.5) is 0 Å². The van der Waals surface area contributed by atoms with Gasteiger partial charge in [0.15, 0.2) is 46.1 Å². The molecular weight excluding hydrogens is 358 g/mol. The van der Waals surface area contributed by atoms with Crippen molar-refractivity contribution >= 4 is 11.6 Å². The zero-order valence-electron chi connectivity index (χ0n) is 14.5. The van der Waals surface area contributed by atoms with E-state index in [1.807, 2.05) is 0 Å². The molecule has 0 unspecified atom stereocenters. The Kier molecular flexibility index (Phi) is 5.46. The summed E-state index contributed by atoms with van der Waals surface area (Å²) in [6.45, 7) is -0.0531. The molecule has 0 aromatic heterocycles. The molecule has 2 aromatic rings. The summed E-state index contributed by atoms with van der Waals surface area (Å²) in [4.78, 5) is 27.2. The van der Waals surface area contributed by atoms with Gasteiger partial charge in [0.2, 0.25) is 0 Å². The van der Waals surface area contributed by atoms with Crippen LogP contribution in [0.25, 0.3) is 0 Å². The molecule has 0 aliphatic carbocycles. The SMILES string of the molecule is CN(C)CC(C(=O)c1cc(O)c(O)c(O)c1)C(=O)c1cc(O)c(O)c(O)c1. The third kappa shape index (κ3) is 4.04. The summed E-state index contributed by atoms with van der Waals surface area (Å²) >= 11 is 0. The summed E-state index contributed by atoms with van der Waals surface area (Å²) < 4.78 is 0. The number of hydrogen-bond donors (Lipinski definition) is 6. The lowest BCUT2D eigenvalue weighted by atomic mass is 9.89. The van der Waals surface area contributed by atoms with E-state index in [1.165, 1.54) is 0 Å². The molecule has 0 fully saturated rings. The minimum absolute atomic E-state index is 0.0531. The van der Waals surface area contributed by atoms with Crippen LogP contribution >= 0.6 is 0 Å². The summed E-state index contributed by atoms with van der Waals surface area (Å²) in [5, 5.41) is 57.2. The Morgan fingerprint density at radius 3 is 1.30 bits per heavy atom. The van der Waals surface area contributed by atoms with E-state index in [1.54, 1.807) is 19.0 Å². The van der Waals surface area contributed by atoms with Crippen molar-refractivity contribution in [2.24, 2.45) is 5.92 Å². The molecule has 2 aromatic carbocycles. The third-order valence-electron chi connectivity index (χ3n) is 3.89. The van der Waals surface area contributed by atoms with Gasteiger partial charge in [-0.3, -0.25) is 9.59 Å². The quantitative estimate of drug-likeness (QED) is 0.247. The normalized spacial score (nSPS) is 11.1. The van der Waals surface area contributed by atoms with Crippen molar-refractivity contribution in [3.63, 3.8) is 0 Å². The number of carbonyl (C=O) groups is 2. The van der Waals surface area contributed by atoms with Crippen LogP contribution in [-0.2, 0) is 0 Å². The monoisotopic (exact) mass is 377 g/mol. The smallest absolute Gasteiger partial charge is 0.200 e. The number of Topliss-reactive ketones (excluding diaryl/α,β-unsaturated/α-hetero) is 2. The highest BCUT2D eigenvalue weighted by Crippen LogP contribution is 2.38. The second-order valence-electron chi connectivity index (χ2n) is 6.27. The summed E-state index contributed by atoms with van der Waals surface area (Å²) in [5.41, 5.74) is -0.426. The van der Waals surface area contributed by atoms with E-state index in [-0.39, 0.29) is 17.7 Å². The highest BCUT2D eigenvalue weighted by atomic mass is 16.3. The zero-order chi connectivity index (χ0) is 20.5. The Bertz CT molecular complexity index is 791. The van der Waals surface area contributed by atoms with Crippen molar-refractivity contribution in [3.05, 3.63) is 35.4 Å². The van der Waals surface area contributed by atoms with E-state index in [0.29, 0.717) is 0 Å². The van der Waals surface area contributed by atoms with Crippen molar-refractivity contribution in [1.82, 2.24) is 4.90 Å². The van der Waals surface area contributed by atoms with E-state index < -0.39 is 52.0 Å². The Balaban J connectivity index is 2.49. The molecular formula is C18H19NO8. The van der Waals surface area contributed by atoms with Crippen molar-refractivity contribution in [2.45, 2.75) is 0 Å². The van der Waals surface area contributed by atoms with Gasteiger partial charge < -0.3 is 35.5 Å². The number of phenolic OH excluding ortho intramolecular Hbond substituents is 6. The molecule has 0 atom stereocenters. The molecule has 0 radical (unpaired) electrons. The average Bonchev–Trinajstić information content (AvgIpc) is 2.59. The summed E-state index contributed by atoms with van der Waals surface area (Å²) in [7, 11) is 3.23. The average molecular weight is 377 g/mol. The first-order chi connectivity index (χ1) is 12.5. The number of aromatic hydroxyl groups is 6. The van der Waals surface area contributed by atoms with E-state index >= 15 is 0 Å². The van der Waals surface area contributed by atoms with E-state index in [9.17, 15) is 40.2 Å². The largest absolute Gasteiger partial charge is 0.504 e. The van der Waals surface area contributed by atoms with Gasteiger partial charge in [-0.15, -0.1) is 0 Å². The van der Waals surface area contributed by atoms with Crippen LogP contribution < -0.4 is 0 Å². The molecule has 0 saturated heterocycles. The molecule has 0 spiro atoms. The number of rotatable bonds is 6. The van der Waals surface area contributed by atoms with E-state index in [2.05, 4.69) is 0 Å². The predicted molar refractivity (Wildman–Crippen MR) is 93.6 cm³/mol. The van der Waals surface area contributed by atoms with Gasteiger partial charge in [-0.25, -0.2) is 0 Å². The van der Waals surface area contributed by atoms with Crippen LogP contribution in [0.5, 0.6) is 34.5 Å². The number of ketones is 2. The zero-order valence-corrected chi connectivity index (χ0v) is 14.5. The molecule has 0 bridgehead atoms. The summed E-state index contributed by atoms with van der Waals surface area (Å²) in [6, 6.07) is 3.66. The van der Waals surface area contributed by atoms with Gasteiger partial charge in [0.05, 0.1) is 5.92 Å². The number of phenols is 6. The third-order valence-corrected chi connectivity index (χ3v) is 3.89. The second kappa shape index (κ2) is 7.42. The lowest BCUT2D eigenvalue weighted by Crippen LogP contribution is -2.34. The Labute approximate surface area is 154 Å². The van der Waals surface area contributed by atoms with Gasteiger partial charge in [0.1, 0.15) is 0 Å². The maximum Gasteiger partial charge on any atom is 0.200 e. The highest BCUT2D eigenvalue weighted by Gasteiger charge is 2.31. The van der Waals surface area contributed by atoms with Crippen LogP contribution in [0.15, 0.2) is 24.3 Å². The second-order valence-corrected chi connectivity index (χ2v) is 6.27. The minimum atomic E-state index is -1.31. The molecule has 0 heterocycles. The molecule has 0 amide bonds. The first-order valence-electron chi connectivity index (χ1n) is 7.76. The summed E-state index contributed by atoms with van der Waals surface area (Å²) in [6.07, 6.45) is 0. The predicted octanol–water partition coefficient (Wildman–Crippen LogP) is 1.16.